The Bertz CT molecular complexity index is 724. The molecular formula is C18H16BrNO3. The molecule has 1 saturated heterocycles. The number of hydrogen-bond acceptors (Lipinski definition) is 3. The van der Waals surface area contributed by atoms with Gasteiger partial charge in [0.2, 0.25) is 11.8 Å². The molecule has 2 amide bonds. The van der Waals surface area contributed by atoms with Gasteiger partial charge >= 0.3 is 0 Å². The van der Waals surface area contributed by atoms with Crippen molar-refractivity contribution in [1.29, 1.82) is 0 Å². The average Bonchev–Trinajstić information content (AvgIpc) is 2.54. The summed E-state index contributed by atoms with van der Waals surface area (Å²) >= 11 is 3.37. The molecule has 0 atom stereocenters. The molecule has 2 aromatic carbocycles. The lowest BCUT2D eigenvalue weighted by atomic mass is 9.88. The van der Waals surface area contributed by atoms with Crippen LogP contribution in [0.3, 0.4) is 0 Å². The number of carbonyl (C=O) groups is 2. The van der Waals surface area contributed by atoms with Gasteiger partial charge in [0.1, 0.15) is 5.75 Å². The maximum absolute atomic E-state index is 12.5. The van der Waals surface area contributed by atoms with Crippen LogP contribution in [0.5, 0.6) is 5.75 Å². The molecule has 0 aromatic heterocycles. The van der Waals surface area contributed by atoms with Crippen molar-refractivity contribution in [3.63, 3.8) is 0 Å². The van der Waals surface area contributed by atoms with Gasteiger partial charge in [-0.15, -0.1) is 0 Å². The Morgan fingerprint density at radius 1 is 1.04 bits per heavy atom. The summed E-state index contributed by atoms with van der Waals surface area (Å²) in [4.78, 5) is 26.3. The van der Waals surface area contributed by atoms with Crippen LogP contribution in [0.15, 0.2) is 53.0 Å². The van der Waals surface area contributed by atoms with Gasteiger partial charge in [0, 0.05) is 23.2 Å². The number of nitrogens with zero attached hydrogens (tertiary/aromatic N) is 1. The van der Waals surface area contributed by atoms with Crippen LogP contribution in [0.25, 0.3) is 0 Å². The Morgan fingerprint density at radius 3 is 2.26 bits per heavy atom. The van der Waals surface area contributed by atoms with E-state index in [1.54, 1.807) is 19.2 Å². The van der Waals surface area contributed by atoms with E-state index in [9.17, 15) is 9.59 Å². The van der Waals surface area contributed by atoms with Gasteiger partial charge < -0.3 is 4.74 Å². The summed E-state index contributed by atoms with van der Waals surface area (Å²) < 4.78 is 5.98. The van der Waals surface area contributed by atoms with E-state index in [1.807, 2.05) is 36.4 Å². The van der Waals surface area contributed by atoms with Crippen LogP contribution in [0.1, 0.15) is 24.3 Å². The number of methoxy groups -OCH3 is 1. The minimum Gasteiger partial charge on any atom is -0.497 e. The van der Waals surface area contributed by atoms with E-state index < -0.39 is 0 Å². The summed E-state index contributed by atoms with van der Waals surface area (Å²) in [5.41, 5.74) is 1.60. The zero-order valence-corrected chi connectivity index (χ0v) is 14.2. The van der Waals surface area contributed by atoms with Crippen molar-refractivity contribution in [1.82, 2.24) is 0 Å². The molecular weight excluding hydrogens is 358 g/mol. The molecule has 0 N–H and O–H groups in total. The fourth-order valence-corrected chi connectivity index (χ4v) is 3.22. The van der Waals surface area contributed by atoms with Crippen molar-refractivity contribution in [3.8, 4) is 5.75 Å². The Labute approximate surface area is 143 Å². The van der Waals surface area contributed by atoms with Crippen LogP contribution in [-0.2, 0) is 9.59 Å². The molecule has 1 fully saturated rings. The zero-order valence-electron chi connectivity index (χ0n) is 12.7. The number of amides is 2. The molecule has 4 nitrogen and oxygen atoms in total. The van der Waals surface area contributed by atoms with Gasteiger partial charge in [0.05, 0.1) is 12.8 Å². The average molecular weight is 374 g/mol. The maximum atomic E-state index is 12.5. The minimum absolute atomic E-state index is 0.0793. The second kappa shape index (κ2) is 6.54. The number of anilines is 1. The van der Waals surface area contributed by atoms with Crippen LogP contribution < -0.4 is 9.64 Å². The molecule has 0 saturated carbocycles. The van der Waals surface area contributed by atoms with Crippen LogP contribution in [0, 0.1) is 0 Å². The summed E-state index contributed by atoms with van der Waals surface area (Å²) in [5.74, 6) is 0.350. The fourth-order valence-electron chi connectivity index (χ4n) is 2.83. The Hall–Kier alpha value is -2.14. The Kier molecular flexibility index (Phi) is 4.48. The summed E-state index contributed by atoms with van der Waals surface area (Å²) in [5, 5.41) is 0. The van der Waals surface area contributed by atoms with E-state index in [0.29, 0.717) is 18.5 Å². The normalized spacial score (nSPS) is 15.8. The Balaban J connectivity index is 1.81. The largest absolute Gasteiger partial charge is 0.497 e. The smallest absolute Gasteiger partial charge is 0.234 e. The van der Waals surface area contributed by atoms with E-state index in [-0.39, 0.29) is 17.7 Å². The molecule has 0 aliphatic carbocycles. The fraction of sp³-hybridized carbons (Fsp3) is 0.222. The molecule has 2 aromatic rings. The first kappa shape index (κ1) is 15.7. The first-order valence-corrected chi connectivity index (χ1v) is 8.13. The van der Waals surface area contributed by atoms with Gasteiger partial charge in [-0.3, -0.25) is 14.5 Å². The van der Waals surface area contributed by atoms with Crippen LogP contribution in [0.2, 0.25) is 0 Å². The molecule has 5 heteroatoms. The predicted molar refractivity (Wildman–Crippen MR) is 91.6 cm³/mol. The van der Waals surface area contributed by atoms with Gasteiger partial charge in [-0.2, -0.15) is 0 Å². The number of ether oxygens (including phenoxy) is 1. The van der Waals surface area contributed by atoms with Gasteiger partial charge in [0.15, 0.2) is 0 Å². The lowest BCUT2D eigenvalue weighted by molar-refractivity contribution is -0.129. The van der Waals surface area contributed by atoms with Crippen molar-refractivity contribution in [2.24, 2.45) is 0 Å². The highest BCUT2D eigenvalue weighted by molar-refractivity contribution is 9.10. The topological polar surface area (TPSA) is 46.6 Å². The van der Waals surface area contributed by atoms with Crippen molar-refractivity contribution in [2.75, 3.05) is 12.0 Å². The molecule has 0 spiro atoms. The lowest BCUT2D eigenvalue weighted by Crippen LogP contribution is -2.42. The Morgan fingerprint density at radius 2 is 1.70 bits per heavy atom. The van der Waals surface area contributed by atoms with Crippen molar-refractivity contribution in [2.45, 2.75) is 18.8 Å². The van der Waals surface area contributed by atoms with Crippen molar-refractivity contribution in [3.05, 3.63) is 58.6 Å². The third-order valence-electron chi connectivity index (χ3n) is 3.99. The minimum atomic E-state index is -0.167. The monoisotopic (exact) mass is 373 g/mol. The van der Waals surface area contributed by atoms with Crippen LogP contribution in [-0.4, -0.2) is 18.9 Å². The zero-order chi connectivity index (χ0) is 16.4. The molecule has 0 unspecified atom stereocenters. The molecule has 0 radical (unpaired) electrons. The third-order valence-corrected chi connectivity index (χ3v) is 4.49. The summed E-state index contributed by atoms with van der Waals surface area (Å²) in [6, 6.07) is 14.8. The van der Waals surface area contributed by atoms with E-state index in [0.717, 1.165) is 15.8 Å². The van der Waals surface area contributed by atoms with Crippen molar-refractivity contribution >= 4 is 33.4 Å². The van der Waals surface area contributed by atoms with Crippen LogP contribution >= 0.6 is 15.9 Å². The standard InChI is InChI=1S/C18H16BrNO3/c1-23-16-7-5-12(6-8-16)13-9-17(21)20(18(22)10-13)15-4-2-3-14(19)11-15/h2-8,11,13H,9-10H2,1H3. The quantitative estimate of drug-likeness (QED) is 0.766. The van der Waals surface area contributed by atoms with E-state index in [1.165, 1.54) is 4.90 Å². The highest BCUT2D eigenvalue weighted by Crippen LogP contribution is 2.33. The number of hydrogen-bond donors (Lipinski definition) is 0. The number of carbonyl (C=O) groups excluding carboxylic acids is 2. The third kappa shape index (κ3) is 3.29. The molecule has 118 valence electrons. The molecule has 3 rings (SSSR count). The highest BCUT2D eigenvalue weighted by atomic mass is 79.9. The maximum Gasteiger partial charge on any atom is 0.234 e. The predicted octanol–water partition coefficient (Wildman–Crippen LogP) is 3.89. The number of piperidine rings is 1. The summed E-state index contributed by atoms with van der Waals surface area (Å²) in [6.07, 6.45) is 0.648. The second-order valence-electron chi connectivity index (χ2n) is 5.48. The molecule has 1 aliphatic rings. The molecule has 1 aliphatic heterocycles. The number of benzene rings is 2. The van der Waals surface area contributed by atoms with Gasteiger partial charge in [-0.25, -0.2) is 0 Å². The first-order chi connectivity index (χ1) is 11.1. The SMILES string of the molecule is COc1ccc(C2CC(=O)N(c3cccc(Br)c3)C(=O)C2)cc1. The van der Waals surface area contributed by atoms with Gasteiger partial charge in [-0.05, 0) is 35.9 Å². The molecule has 23 heavy (non-hydrogen) atoms. The van der Waals surface area contributed by atoms with Gasteiger partial charge in [0.25, 0.3) is 0 Å². The summed E-state index contributed by atoms with van der Waals surface area (Å²) in [6.45, 7) is 0. The number of imide groups is 1. The lowest BCUT2D eigenvalue weighted by Gasteiger charge is -2.30. The van der Waals surface area contributed by atoms with E-state index in [2.05, 4.69) is 15.9 Å². The number of halogens is 1. The highest BCUT2D eigenvalue weighted by Gasteiger charge is 2.34. The van der Waals surface area contributed by atoms with Crippen LogP contribution in [0.4, 0.5) is 5.69 Å². The van der Waals surface area contributed by atoms with E-state index in [4.69, 9.17) is 4.74 Å². The second-order valence-corrected chi connectivity index (χ2v) is 6.40. The van der Waals surface area contributed by atoms with Gasteiger partial charge in [-0.1, -0.05) is 34.1 Å². The molecule has 0 bridgehead atoms. The van der Waals surface area contributed by atoms with E-state index >= 15 is 0 Å². The molecule has 1 heterocycles. The summed E-state index contributed by atoms with van der Waals surface area (Å²) in [7, 11) is 1.61. The van der Waals surface area contributed by atoms with Crippen molar-refractivity contribution < 1.29 is 14.3 Å². The first-order valence-electron chi connectivity index (χ1n) is 7.34. The number of rotatable bonds is 3.